The Bertz CT molecular complexity index is 413. The van der Waals surface area contributed by atoms with Crippen LogP contribution in [0.25, 0.3) is 0 Å². The van der Waals surface area contributed by atoms with Gasteiger partial charge in [0, 0.05) is 12.6 Å². The first kappa shape index (κ1) is 14.5. The highest BCUT2D eigenvalue weighted by molar-refractivity contribution is 5.34. The highest BCUT2D eigenvalue weighted by atomic mass is 16.3. The molecule has 2 rings (SSSR count). The lowest BCUT2D eigenvalue weighted by molar-refractivity contribution is 0.0464. The van der Waals surface area contributed by atoms with Crippen molar-refractivity contribution in [1.29, 1.82) is 0 Å². The van der Waals surface area contributed by atoms with Crippen LogP contribution in [0.2, 0.25) is 0 Å². The van der Waals surface area contributed by atoms with Crippen LogP contribution >= 0.6 is 0 Å². The number of fused-ring (bicyclic) bond motifs is 1. The smallest absolute Gasteiger partial charge is 0.0743 e. The standard InChI is InChI=1S/C17H27NO/c1-4-11-17(3,19)12-18-16-10-9-13(2)14-7-5-6-8-15(14)16/h5-8,13,16,18-19H,4,9-12H2,1-3H3. The Morgan fingerprint density at radius 3 is 2.63 bits per heavy atom. The van der Waals surface area contributed by atoms with E-state index in [1.54, 1.807) is 0 Å². The van der Waals surface area contributed by atoms with E-state index in [0.717, 1.165) is 12.8 Å². The van der Waals surface area contributed by atoms with Gasteiger partial charge in [-0.3, -0.25) is 0 Å². The Balaban J connectivity index is 2.05. The second kappa shape index (κ2) is 6.06. The summed E-state index contributed by atoms with van der Waals surface area (Å²) in [4.78, 5) is 0. The summed E-state index contributed by atoms with van der Waals surface area (Å²) in [7, 11) is 0. The average Bonchev–Trinajstić information content (AvgIpc) is 2.38. The van der Waals surface area contributed by atoms with Crippen LogP contribution in [-0.4, -0.2) is 17.3 Å². The summed E-state index contributed by atoms with van der Waals surface area (Å²) in [6, 6.07) is 9.13. The van der Waals surface area contributed by atoms with Gasteiger partial charge >= 0.3 is 0 Å². The molecule has 2 N–H and O–H groups in total. The molecular weight excluding hydrogens is 234 g/mol. The second-order valence-electron chi connectivity index (χ2n) is 6.29. The second-order valence-corrected chi connectivity index (χ2v) is 6.29. The van der Waals surface area contributed by atoms with Gasteiger partial charge in [0.2, 0.25) is 0 Å². The predicted octanol–water partition coefficient (Wildman–Crippen LogP) is 3.77. The number of nitrogens with one attached hydrogen (secondary N) is 1. The molecule has 106 valence electrons. The van der Waals surface area contributed by atoms with Crippen molar-refractivity contribution in [3.05, 3.63) is 35.4 Å². The Hall–Kier alpha value is -0.860. The minimum absolute atomic E-state index is 0.399. The van der Waals surface area contributed by atoms with Crippen LogP contribution < -0.4 is 5.32 Å². The minimum Gasteiger partial charge on any atom is -0.389 e. The van der Waals surface area contributed by atoms with Gasteiger partial charge < -0.3 is 10.4 Å². The van der Waals surface area contributed by atoms with Gasteiger partial charge in [-0.15, -0.1) is 0 Å². The van der Waals surface area contributed by atoms with Crippen molar-refractivity contribution < 1.29 is 5.11 Å². The van der Waals surface area contributed by atoms with Crippen molar-refractivity contribution in [1.82, 2.24) is 5.32 Å². The van der Waals surface area contributed by atoms with Gasteiger partial charge in [0.15, 0.2) is 0 Å². The molecule has 0 saturated heterocycles. The Labute approximate surface area is 117 Å². The van der Waals surface area contributed by atoms with Gasteiger partial charge in [-0.25, -0.2) is 0 Å². The third-order valence-corrected chi connectivity index (χ3v) is 4.31. The molecule has 3 unspecified atom stereocenters. The minimum atomic E-state index is -0.591. The SMILES string of the molecule is CCCC(C)(O)CNC1CCC(C)c2ccccc21. The first-order valence-corrected chi connectivity index (χ1v) is 7.58. The Morgan fingerprint density at radius 2 is 1.95 bits per heavy atom. The molecule has 0 saturated carbocycles. The van der Waals surface area contributed by atoms with E-state index >= 15 is 0 Å². The Kier molecular flexibility index (Phi) is 4.64. The lowest BCUT2D eigenvalue weighted by Gasteiger charge is -2.33. The number of hydrogen-bond donors (Lipinski definition) is 2. The highest BCUT2D eigenvalue weighted by Gasteiger charge is 2.26. The zero-order chi connectivity index (χ0) is 13.9. The molecule has 0 spiro atoms. The largest absolute Gasteiger partial charge is 0.389 e. The van der Waals surface area contributed by atoms with E-state index in [1.807, 2.05) is 6.92 Å². The summed E-state index contributed by atoms with van der Waals surface area (Å²) in [5, 5.41) is 13.9. The van der Waals surface area contributed by atoms with E-state index in [0.29, 0.717) is 18.5 Å². The average molecular weight is 261 g/mol. The van der Waals surface area contributed by atoms with Gasteiger partial charge in [-0.05, 0) is 43.2 Å². The molecular formula is C17H27NO. The molecule has 0 amide bonds. The topological polar surface area (TPSA) is 32.3 Å². The quantitative estimate of drug-likeness (QED) is 0.845. The molecule has 3 atom stereocenters. The lowest BCUT2D eigenvalue weighted by Crippen LogP contribution is -2.40. The van der Waals surface area contributed by atoms with Crippen molar-refractivity contribution in [3.8, 4) is 0 Å². The van der Waals surface area contributed by atoms with E-state index < -0.39 is 5.60 Å². The molecule has 0 bridgehead atoms. The number of benzene rings is 1. The highest BCUT2D eigenvalue weighted by Crippen LogP contribution is 2.37. The summed E-state index contributed by atoms with van der Waals surface area (Å²) in [5.41, 5.74) is 2.31. The maximum atomic E-state index is 10.3. The normalized spacial score (nSPS) is 25.7. The number of rotatable bonds is 5. The monoisotopic (exact) mass is 261 g/mol. The van der Waals surface area contributed by atoms with Gasteiger partial charge in [-0.1, -0.05) is 44.5 Å². The van der Waals surface area contributed by atoms with Crippen molar-refractivity contribution in [2.24, 2.45) is 0 Å². The molecule has 2 heteroatoms. The van der Waals surface area contributed by atoms with Crippen molar-refractivity contribution >= 4 is 0 Å². The molecule has 0 fully saturated rings. The van der Waals surface area contributed by atoms with Crippen LogP contribution in [-0.2, 0) is 0 Å². The Morgan fingerprint density at radius 1 is 1.26 bits per heavy atom. The molecule has 1 aromatic carbocycles. The van der Waals surface area contributed by atoms with Crippen molar-refractivity contribution in [2.75, 3.05) is 6.54 Å². The molecule has 0 radical (unpaired) electrons. The first-order chi connectivity index (χ1) is 9.03. The maximum Gasteiger partial charge on any atom is 0.0743 e. The summed E-state index contributed by atoms with van der Waals surface area (Å²) >= 11 is 0. The summed E-state index contributed by atoms with van der Waals surface area (Å²) in [5.74, 6) is 0.658. The maximum absolute atomic E-state index is 10.3. The van der Waals surface area contributed by atoms with Crippen LogP contribution in [0, 0.1) is 0 Å². The molecule has 0 aliphatic heterocycles. The van der Waals surface area contributed by atoms with E-state index in [-0.39, 0.29) is 0 Å². The zero-order valence-corrected chi connectivity index (χ0v) is 12.4. The van der Waals surface area contributed by atoms with Crippen molar-refractivity contribution in [3.63, 3.8) is 0 Å². The molecule has 1 aromatic rings. The van der Waals surface area contributed by atoms with Crippen molar-refractivity contribution in [2.45, 2.75) is 64.0 Å². The van der Waals surface area contributed by atoms with E-state index in [9.17, 15) is 5.11 Å². The van der Waals surface area contributed by atoms with Gasteiger partial charge in [0.05, 0.1) is 5.60 Å². The molecule has 1 aliphatic rings. The molecule has 2 nitrogen and oxygen atoms in total. The van der Waals surface area contributed by atoms with Gasteiger partial charge in [0.25, 0.3) is 0 Å². The third-order valence-electron chi connectivity index (χ3n) is 4.31. The summed E-state index contributed by atoms with van der Waals surface area (Å²) in [6.07, 6.45) is 4.27. The third kappa shape index (κ3) is 3.58. The molecule has 0 aromatic heterocycles. The molecule has 19 heavy (non-hydrogen) atoms. The van der Waals surface area contributed by atoms with E-state index in [4.69, 9.17) is 0 Å². The predicted molar refractivity (Wildman–Crippen MR) is 80.4 cm³/mol. The first-order valence-electron chi connectivity index (χ1n) is 7.58. The number of aliphatic hydroxyl groups is 1. The van der Waals surface area contributed by atoms with Gasteiger partial charge in [-0.2, -0.15) is 0 Å². The summed E-state index contributed by atoms with van der Waals surface area (Å²) in [6.45, 7) is 7.03. The number of hydrogen-bond acceptors (Lipinski definition) is 2. The van der Waals surface area contributed by atoms with Crippen LogP contribution in [0.3, 0.4) is 0 Å². The van der Waals surface area contributed by atoms with E-state index in [1.165, 1.54) is 24.0 Å². The fourth-order valence-electron chi connectivity index (χ4n) is 3.19. The zero-order valence-electron chi connectivity index (χ0n) is 12.4. The molecule has 0 heterocycles. The van der Waals surface area contributed by atoms with E-state index in [2.05, 4.69) is 43.4 Å². The fraction of sp³-hybridized carbons (Fsp3) is 0.647. The van der Waals surface area contributed by atoms with Crippen LogP contribution in [0.5, 0.6) is 0 Å². The molecule has 1 aliphatic carbocycles. The van der Waals surface area contributed by atoms with Crippen LogP contribution in [0.4, 0.5) is 0 Å². The fourth-order valence-corrected chi connectivity index (χ4v) is 3.19. The summed E-state index contributed by atoms with van der Waals surface area (Å²) < 4.78 is 0. The lowest BCUT2D eigenvalue weighted by atomic mass is 9.81. The van der Waals surface area contributed by atoms with Crippen LogP contribution in [0.1, 0.15) is 69.5 Å². The van der Waals surface area contributed by atoms with Gasteiger partial charge in [0.1, 0.15) is 0 Å². The van der Waals surface area contributed by atoms with Crippen LogP contribution in [0.15, 0.2) is 24.3 Å².